The van der Waals surface area contributed by atoms with Crippen LogP contribution in [0.3, 0.4) is 0 Å². The highest BCUT2D eigenvalue weighted by Gasteiger charge is 2.38. The molecule has 0 aliphatic heterocycles. The van der Waals surface area contributed by atoms with Gasteiger partial charge in [-0.1, -0.05) is 6.92 Å². The van der Waals surface area contributed by atoms with Crippen molar-refractivity contribution >= 4 is 5.91 Å². The van der Waals surface area contributed by atoms with Crippen LogP contribution in [-0.4, -0.2) is 55.7 Å². The van der Waals surface area contributed by atoms with Gasteiger partial charge in [-0.05, 0) is 45.6 Å². The Balaban J connectivity index is 2.69. The van der Waals surface area contributed by atoms with Crippen LogP contribution in [0.4, 0.5) is 0 Å². The summed E-state index contributed by atoms with van der Waals surface area (Å²) in [5, 5.41) is 3.31. The zero-order chi connectivity index (χ0) is 15.2. The third-order valence-electron chi connectivity index (χ3n) is 4.29. The van der Waals surface area contributed by atoms with Crippen molar-refractivity contribution in [1.82, 2.24) is 10.2 Å². The highest BCUT2D eigenvalue weighted by atomic mass is 16.5. The summed E-state index contributed by atoms with van der Waals surface area (Å²) in [6, 6.07) is 0.479. The van der Waals surface area contributed by atoms with E-state index < -0.39 is 5.54 Å². The van der Waals surface area contributed by atoms with Crippen molar-refractivity contribution in [2.75, 3.05) is 33.4 Å². The Hall–Kier alpha value is -0.650. The molecule has 1 amide bonds. The van der Waals surface area contributed by atoms with Crippen LogP contribution in [0.15, 0.2) is 0 Å². The number of ether oxygens (including phenoxy) is 1. The summed E-state index contributed by atoms with van der Waals surface area (Å²) in [6.45, 7) is 9.20. The molecule has 1 aliphatic carbocycles. The Kier molecular flexibility index (Phi) is 6.92. The highest BCUT2D eigenvalue weighted by molar-refractivity contribution is 5.84. The second kappa shape index (κ2) is 7.96. The van der Waals surface area contributed by atoms with Gasteiger partial charge in [0.2, 0.25) is 5.91 Å². The predicted octanol–water partition coefficient (Wildman–Crippen LogP) is 0.977. The molecule has 0 radical (unpaired) electrons. The maximum absolute atomic E-state index is 11.8. The van der Waals surface area contributed by atoms with Crippen molar-refractivity contribution in [3.05, 3.63) is 0 Å². The van der Waals surface area contributed by atoms with Gasteiger partial charge in [-0.2, -0.15) is 0 Å². The van der Waals surface area contributed by atoms with E-state index in [0.717, 1.165) is 25.4 Å². The zero-order valence-electron chi connectivity index (χ0n) is 13.4. The first-order valence-corrected chi connectivity index (χ1v) is 7.72. The van der Waals surface area contributed by atoms with Crippen LogP contribution < -0.4 is 11.1 Å². The number of nitrogens with zero attached hydrogens (tertiary/aromatic N) is 1. The summed E-state index contributed by atoms with van der Waals surface area (Å²) >= 11 is 0. The molecule has 0 aromatic heterocycles. The normalized spacial score (nSPS) is 19.9. The average molecular weight is 285 g/mol. The minimum atomic E-state index is -0.674. The summed E-state index contributed by atoms with van der Waals surface area (Å²) in [5.41, 5.74) is 4.95. The smallest absolute Gasteiger partial charge is 0.238 e. The third kappa shape index (κ3) is 5.04. The molecule has 5 heteroatoms. The molecule has 20 heavy (non-hydrogen) atoms. The van der Waals surface area contributed by atoms with Crippen molar-refractivity contribution in [2.45, 2.75) is 51.6 Å². The van der Waals surface area contributed by atoms with E-state index in [1.54, 1.807) is 7.11 Å². The fourth-order valence-electron chi connectivity index (χ4n) is 2.54. The first-order valence-electron chi connectivity index (χ1n) is 7.72. The molecule has 3 N–H and O–H groups in total. The van der Waals surface area contributed by atoms with E-state index in [-0.39, 0.29) is 5.91 Å². The number of primary amides is 1. The molecule has 0 heterocycles. The zero-order valence-corrected chi connectivity index (χ0v) is 13.4. The van der Waals surface area contributed by atoms with Gasteiger partial charge in [-0.3, -0.25) is 9.69 Å². The Morgan fingerprint density at radius 1 is 1.55 bits per heavy atom. The van der Waals surface area contributed by atoms with E-state index in [0.29, 0.717) is 19.2 Å². The molecule has 1 aliphatic rings. The number of amides is 1. The fraction of sp³-hybridized carbons (Fsp3) is 0.933. The summed E-state index contributed by atoms with van der Waals surface area (Å²) in [5.74, 6) is 0.478. The fourth-order valence-corrected chi connectivity index (χ4v) is 2.54. The van der Waals surface area contributed by atoms with E-state index in [9.17, 15) is 4.79 Å². The molecule has 2 atom stereocenters. The number of nitrogens with two attached hydrogens (primary N) is 1. The molecule has 5 nitrogen and oxygen atoms in total. The van der Waals surface area contributed by atoms with Gasteiger partial charge in [0.05, 0.1) is 6.61 Å². The van der Waals surface area contributed by atoms with Gasteiger partial charge in [0.1, 0.15) is 5.54 Å². The van der Waals surface area contributed by atoms with Crippen LogP contribution in [0.5, 0.6) is 0 Å². The molecular weight excluding hydrogens is 254 g/mol. The molecule has 0 aromatic carbocycles. The maximum atomic E-state index is 11.8. The molecule has 1 saturated carbocycles. The summed E-state index contributed by atoms with van der Waals surface area (Å²) < 4.78 is 5.20. The molecule has 0 aromatic rings. The van der Waals surface area contributed by atoms with Crippen molar-refractivity contribution in [1.29, 1.82) is 0 Å². The number of hydrogen-bond acceptors (Lipinski definition) is 4. The SMILES string of the molecule is CCCNC(C)(CN(CCOC)C(C)C1CC1)C(N)=O. The van der Waals surface area contributed by atoms with Gasteiger partial charge in [0, 0.05) is 26.2 Å². The number of nitrogens with one attached hydrogen (secondary N) is 1. The molecule has 1 rings (SSSR count). The van der Waals surface area contributed by atoms with E-state index in [1.165, 1.54) is 12.8 Å². The number of carbonyl (C=O) groups excluding carboxylic acids is 1. The Morgan fingerprint density at radius 2 is 2.20 bits per heavy atom. The van der Waals surface area contributed by atoms with Crippen molar-refractivity contribution in [3.8, 4) is 0 Å². The topological polar surface area (TPSA) is 67.6 Å². The van der Waals surface area contributed by atoms with Crippen molar-refractivity contribution in [3.63, 3.8) is 0 Å². The second-order valence-corrected chi connectivity index (χ2v) is 6.16. The number of carbonyl (C=O) groups is 1. The van der Waals surface area contributed by atoms with Gasteiger partial charge in [-0.25, -0.2) is 0 Å². The molecule has 2 unspecified atom stereocenters. The number of hydrogen-bond donors (Lipinski definition) is 2. The average Bonchev–Trinajstić information content (AvgIpc) is 3.24. The minimum absolute atomic E-state index is 0.281. The van der Waals surface area contributed by atoms with Gasteiger partial charge in [0.15, 0.2) is 0 Å². The van der Waals surface area contributed by atoms with Gasteiger partial charge in [0.25, 0.3) is 0 Å². The van der Waals surface area contributed by atoms with Gasteiger partial charge < -0.3 is 15.8 Å². The first kappa shape index (κ1) is 17.4. The molecule has 0 saturated heterocycles. The lowest BCUT2D eigenvalue weighted by atomic mass is 9.98. The first-order chi connectivity index (χ1) is 9.44. The standard InChI is InChI=1S/C15H31N3O2/c1-5-8-17-15(3,14(16)19)11-18(9-10-20-4)12(2)13-6-7-13/h12-13,17H,5-11H2,1-4H3,(H2,16,19). The molecule has 0 bridgehead atoms. The van der Waals surface area contributed by atoms with Crippen LogP contribution >= 0.6 is 0 Å². The Bertz CT molecular complexity index is 307. The van der Waals surface area contributed by atoms with Crippen LogP contribution in [0.1, 0.15) is 40.0 Å². The third-order valence-corrected chi connectivity index (χ3v) is 4.29. The largest absolute Gasteiger partial charge is 0.383 e. The predicted molar refractivity (Wildman–Crippen MR) is 81.5 cm³/mol. The van der Waals surface area contributed by atoms with Crippen LogP contribution in [0.25, 0.3) is 0 Å². The Labute approximate surface area is 123 Å². The molecular formula is C15H31N3O2. The van der Waals surface area contributed by atoms with Gasteiger partial charge >= 0.3 is 0 Å². The second-order valence-electron chi connectivity index (χ2n) is 6.16. The van der Waals surface area contributed by atoms with E-state index in [4.69, 9.17) is 10.5 Å². The summed E-state index contributed by atoms with van der Waals surface area (Å²) in [7, 11) is 1.71. The van der Waals surface area contributed by atoms with E-state index >= 15 is 0 Å². The van der Waals surface area contributed by atoms with Crippen molar-refractivity contribution < 1.29 is 9.53 Å². The molecule has 0 spiro atoms. The monoisotopic (exact) mass is 285 g/mol. The van der Waals surface area contributed by atoms with E-state index in [1.807, 2.05) is 6.92 Å². The number of methoxy groups -OCH3 is 1. The van der Waals surface area contributed by atoms with Crippen molar-refractivity contribution in [2.24, 2.45) is 11.7 Å². The summed E-state index contributed by atoms with van der Waals surface area (Å²) in [6.07, 6.45) is 3.57. The highest BCUT2D eigenvalue weighted by Crippen LogP contribution is 2.35. The molecule has 118 valence electrons. The van der Waals surface area contributed by atoms with Gasteiger partial charge in [-0.15, -0.1) is 0 Å². The maximum Gasteiger partial charge on any atom is 0.238 e. The lowest BCUT2D eigenvalue weighted by Crippen LogP contribution is -2.61. The lowest BCUT2D eigenvalue weighted by Gasteiger charge is -2.37. The summed E-state index contributed by atoms with van der Waals surface area (Å²) in [4.78, 5) is 14.2. The minimum Gasteiger partial charge on any atom is -0.383 e. The van der Waals surface area contributed by atoms with Crippen LogP contribution in [0.2, 0.25) is 0 Å². The quantitative estimate of drug-likeness (QED) is 0.594. The number of rotatable bonds is 11. The van der Waals surface area contributed by atoms with E-state index in [2.05, 4.69) is 24.1 Å². The lowest BCUT2D eigenvalue weighted by molar-refractivity contribution is -0.125. The molecule has 1 fully saturated rings. The Morgan fingerprint density at radius 3 is 2.65 bits per heavy atom. The van der Waals surface area contributed by atoms with Crippen LogP contribution in [-0.2, 0) is 9.53 Å². The van der Waals surface area contributed by atoms with Crippen LogP contribution in [0, 0.1) is 5.92 Å².